The highest BCUT2D eigenvalue weighted by molar-refractivity contribution is 5.97. The molecule has 0 bridgehead atoms. The third-order valence-electron chi connectivity index (χ3n) is 7.28. The smallest absolute Gasteiger partial charge is 0.417 e. The van der Waals surface area contributed by atoms with Gasteiger partial charge in [0.1, 0.15) is 11.8 Å². The molecule has 1 aromatic carbocycles. The summed E-state index contributed by atoms with van der Waals surface area (Å²) in [5.74, 6) is -12.3. The Hall–Kier alpha value is -3.42. The summed E-state index contributed by atoms with van der Waals surface area (Å²) in [6, 6.07) is 3.99. The molecule has 212 valence electrons. The van der Waals surface area contributed by atoms with Gasteiger partial charge in [0.2, 0.25) is 11.7 Å². The van der Waals surface area contributed by atoms with Crippen molar-refractivity contribution in [3.8, 4) is 5.75 Å². The van der Waals surface area contributed by atoms with Gasteiger partial charge in [-0.2, -0.15) is 17.6 Å². The Morgan fingerprint density at radius 2 is 1.87 bits per heavy atom. The number of amides is 2. The van der Waals surface area contributed by atoms with Gasteiger partial charge in [0, 0.05) is 48.0 Å². The van der Waals surface area contributed by atoms with E-state index in [0.29, 0.717) is 6.07 Å². The molecule has 1 aliphatic heterocycles. The van der Waals surface area contributed by atoms with Gasteiger partial charge in [-0.15, -0.1) is 0 Å². The van der Waals surface area contributed by atoms with Crippen LogP contribution in [0.1, 0.15) is 48.7 Å². The number of pyridine rings is 1. The van der Waals surface area contributed by atoms with Crippen LogP contribution in [0, 0.1) is 23.5 Å². The molecule has 4 atom stereocenters. The number of ether oxygens (including phenoxy) is 2. The number of nitrogens with zero attached hydrogens (tertiary/aromatic N) is 1. The molecule has 14 heteroatoms. The van der Waals surface area contributed by atoms with Gasteiger partial charge in [0.05, 0.1) is 6.61 Å². The van der Waals surface area contributed by atoms with E-state index in [1.54, 1.807) is 0 Å². The van der Waals surface area contributed by atoms with Gasteiger partial charge >= 0.3 is 6.18 Å². The second kappa shape index (κ2) is 9.96. The number of rotatable bonds is 7. The lowest BCUT2D eigenvalue weighted by molar-refractivity contribution is -0.272. The number of benzene rings is 1. The Labute approximate surface area is 217 Å². The van der Waals surface area contributed by atoms with Crippen LogP contribution in [0.3, 0.4) is 0 Å². The maximum Gasteiger partial charge on any atom is 0.417 e. The zero-order chi connectivity index (χ0) is 28.9. The summed E-state index contributed by atoms with van der Waals surface area (Å²) < 4.78 is 109. The molecule has 2 fully saturated rings. The van der Waals surface area contributed by atoms with Crippen LogP contribution >= 0.6 is 0 Å². The number of alkyl halides is 5. The highest BCUT2D eigenvalue weighted by atomic mass is 19.4. The van der Waals surface area contributed by atoms with Gasteiger partial charge in [0.25, 0.3) is 11.8 Å². The first kappa shape index (κ1) is 28.6. The van der Waals surface area contributed by atoms with Gasteiger partial charge in [-0.3, -0.25) is 14.6 Å². The Balaban J connectivity index is 1.71. The SMILES string of the molecule is C[C@@H]1[C@@H](c2ccc(F)c(F)c2OCC2CC(F)(F)C2)[C@H](C(=O)Nc2ccnc(C(N)=O)c2)O[C@]1(C)C(F)(F)F. The van der Waals surface area contributed by atoms with Gasteiger partial charge in [-0.05, 0) is 25.1 Å². The number of aromatic nitrogens is 1. The summed E-state index contributed by atoms with van der Waals surface area (Å²) in [6.45, 7) is 1.43. The first-order valence-electron chi connectivity index (χ1n) is 11.8. The lowest BCUT2D eigenvalue weighted by Crippen LogP contribution is -2.47. The van der Waals surface area contributed by atoms with Crippen LogP contribution in [-0.4, -0.2) is 47.2 Å². The molecule has 0 radical (unpaired) electrons. The van der Waals surface area contributed by atoms with Crippen molar-refractivity contribution < 1.29 is 49.8 Å². The number of carbonyl (C=O) groups is 2. The van der Waals surface area contributed by atoms with E-state index in [1.807, 2.05) is 0 Å². The average Bonchev–Trinajstić information content (AvgIpc) is 3.10. The van der Waals surface area contributed by atoms with Crippen molar-refractivity contribution in [1.82, 2.24) is 4.98 Å². The Morgan fingerprint density at radius 3 is 2.46 bits per heavy atom. The molecule has 2 aromatic rings. The second-order valence-electron chi connectivity index (χ2n) is 9.96. The first-order valence-corrected chi connectivity index (χ1v) is 11.8. The molecule has 1 saturated carbocycles. The molecule has 1 saturated heterocycles. The minimum absolute atomic E-state index is 0.0351. The zero-order valence-corrected chi connectivity index (χ0v) is 20.6. The molecule has 2 amide bonds. The number of hydrogen-bond acceptors (Lipinski definition) is 5. The Kier molecular flexibility index (Phi) is 7.30. The normalized spacial score (nSPS) is 26.6. The van der Waals surface area contributed by atoms with Crippen molar-refractivity contribution in [3.05, 3.63) is 53.4 Å². The van der Waals surface area contributed by atoms with E-state index >= 15 is 0 Å². The van der Waals surface area contributed by atoms with Crippen LogP contribution in [0.15, 0.2) is 30.5 Å². The summed E-state index contributed by atoms with van der Waals surface area (Å²) in [5.41, 5.74) is 1.71. The fourth-order valence-electron chi connectivity index (χ4n) is 4.94. The van der Waals surface area contributed by atoms with E-state index in [2.05, 4.69) is 10.3 Å². The van der Waals surface area contributed by atoms with Crippen molar-refractivity contribution in [2.75, 3.05) is 11.9 Å². The summed E-state index contributed by atoms with van der Waals surface area (Å²) in [7, 11) is 0. The second-order valence-corrected chi connectivity index (χ2v) is 9.96. The molecule has 4 rings (SSSR count). The maximum absolute atomic E-state index is 14.9. The van der Waals surface area contributed by atoms with Gasteiger partial charge in [0.15, 0.2) is 17.2 Å². The summed E-state index contributed by atoms with van der Waals surface area (Å²) >= 11 is 0. The number of primary amides is 1. The van der Waals surface area contributed by atoms with E-state index in [4.69, 9.17) is 15.2 Å². The predicted molar refractivity (Wildman–Crippen MR) is 122 cm³/mol. The van der Waals surface area contributed by atoms with Crippen LogP contribution in [0.2, 0.25) is 0 Å². The first-order chi connectivity index (χ1) is 18.0. The molecule has 1 aliphatic carbocycles. The number of nitrogens with one attached hydrogen (secondary N) is 1. The minimum atomic E-state index is -4.98. The van der Waals surface area contributed by atoms with Crippen molar-refractivity contribution in [3.63, 3.8) is 0 Å². The van der Waals surface area contributed by atoms with Crippen molar-refractivity contribution in [1.29, 1.82) is 0 Å². The standard InChI is InChI=1S/C25H24F7N3O4/c1-11-17(14-3-4-15(26)18(27)19(14)38-10-12-8-24(28,29)9-12)20(39-23(11,2)25(30,31)32)22(37)35-13-5-6-34-16(7-13)21(33)36/h3-7,11-12,17,20H,8-10H2,1-2H3,(H2,33,36)(H,34,35,37)/t11-,17+,20-,23+/m1/s1. The van der Waals surface area contributed by atoms with Crippen LogP contribution in [0.4, 0.5) is 36.4 Å². The summed E-state index contributed by atoms with van der Waals surface area (Å²) in [6.07, 6.45) is -6.82. The fourth-order valence-corrected chi connectivity index (χ4v) is 4.94. The van der Waals surface area contributed by atoms with E-state index in [9.17, 15) is 40.3 Å². The van der Waals surface area contributed by atoms with E-state index < -0.39 is 90.2 Å². The quantitative estimate of drug-likeness (QED) is 0.464. The largest absolute Gasteiger partial charge is 0.490 e. The van der Waals surface area contributed by atoms with Gasteiger partial charge < -0.3 is 20.5 Å². The molecule has 2 aliphatic rings. The van der Waals surface area contributed by atoms with Crippen molar-refractivity contribution >= 4 is 17.5 Å². The van der Waals surface area contributed by atoms with Crippen LogP contribution < -0.4 is 15.8 Å². The summed E-state index contributed by atoms with van der Waals surface area (Å²) in [4.78, 5) is 28.4. The predicted octanol–water partition coefficient (Wildman–Crippen LogP) is 4.96. The lowest BCUT2D eigenvalue weighted by Gasteiger charge is -2.35. The number of nitrogens with two attached hydrogens (primary N) is 1. The average molecular weight is 563 g/mol. The van der Waals surface area contributed by atoms with Gasteiger partial charge in [-0.25, -0.2) is 13.2 Å². The molecular formula is C25H24F7N3O4. The number of carbonyl (C=O) groups excluding carboxylic acids is 2. The van der Waals surface area contributed by atoms with E-state index in [1.165, 1.54) is 6.07 Å². The van der Waals surface area contributed by atoms with Crippen LogP contribution in [-0.2, 0) is 9.53 Å². The van der Waals surface area contributed by atoms with E-state index in [-0.39, 0.29) is 16.9 Å². The summed E-state index contributed by atoms with van der Waals surface area (Å²) in [5, 5.41) is 2.34. The highest BCUT2D eigenvalue weighted by Gasteiger charge is 2.66. The third kappa shape index (κ3) is 5.38. The van der Waals surface area contributed by atoms with Crippen molar-refractivity contribution in [2.45, 2.75) is 56.4 Å². The number of halogens is 7. The van der Waals surface area contributed by atoms with E-state index in [0.717, 1.165) is 32.2 Å². The van der Waals surface area contributed by atoms with Crippen molar-refractivity contribution in [2.24, 2.45) is 17.6 Å². The molecule has 39 heavy (non-hydrogen) atoms. The zero-order valence-electron chi connectivity index (χ0n) is 20.6. The lowest BCUT2D eigenvalue weighted by atomic mass is 9.76. The third-order valence-corrected chi connectivity index (χ3v) is 7.28. The minimum Gasteiger partial charge on any atom is -0.490 e. The molecule has 3 N–H and O–H groups in total. The molecule has 1 aromatic heterocycles. The maximum atomic E-state index is 14.9. The van der Waals surface area contributed by atoms with Gasteiger partial charge in [-0.1, -0.05) is 13.0 Å². The molecule has 2 heterocycles. The highest BCUT2D eigenvalue weighted by Crippen LogP contribution is 2.55. The molecule has 0 unspecified atom stereocenters. The topological polar surface area (TPSA) is 104 Å². The number of anilines is 1. The van der Waals surface area contributed by atoms with Crippen LogP contribution in [0.5, 0.6) is 5.75 Å². The molecule has 7 nitrogen and oxygen atoms in total. The number of hydrogen-bond donors (Lipinski definition) is 2. The molecular weight excluding hydrogens is 539 g/mol. The Bertz CT molecular complexity index is 1280. The van der Waals surface area contributed by atoms with Crippen LogP contribution in [0.25, 0.3) is 0 Å². The Morgan fingerprint density at radius 1 is 1.21 bits per heavy atom. The molecule has 0 spiro atoms. The monoisotopic (exact) mass is 563 g/mol. The fraction of sp³-hybridized carbons (Fsp3) is 0.480.